The first-order valence-corrected chi connectivity index (χ1v) is 5.33. The maximum atomic E-state index is 13.0. The van der Waals surface area contributed by atoms with Crippen LogP contribution in [0.15, 0.2) is 24.3 Å². The molecule has 0 radical (unpaired) electrons. The van der Waals surface area contributed by atoms with Crippen LogP contribution in [0.25, 0.3) is 0 Å². The predicted octanol–water partition coefficient (Wildman–Crippen LogP) is 2.26. The summed E-state index contributed by atoms with van der Waals surface area (Å²) >= 11 is 0. The number of rotatable bonds is 3. The first-order valence-electron chi connectivity index (χ1n) is 5.33. The molecule has 0 unspecified atom stereocenters. The summed E-state index contributed by atoms with van der Waals surface area (Å²) < 4.78 is 25.7. The summed E-state index contributed by atoms with van der Waals surface area (Å²) in [7, 11) is 0. The molecule has 94 valence electrons. The maximum Gasteiger partial charge on any atom is 0.159 e. The number of halogens is 2. The lowest BCUT2D eigenvalue weighted by atomic mass is 10.2. The van der Waals surface area contributed by atoms with E-state index in [1.807, 2.05) is 0 Å². The number of nitrogens with two attached hydrogens (primary N) is 1. The van der Waals surface area contributed by atoms with Gasteiger partial charge in [0.1, 0.15) is 17.5 Å². The monoisotopic (exact) mass is 250 g/mol. The fourth-order valence-corrected chi connectivity index (χ4v) is 1.52. The molecule has 0 bridgehead atoms. The van der Waals surface area contributed by atoms with E-state index in [-0.39, 0.29) is 0 Å². The van der Waals surface area contributed by atoms with Gasteiger partial charge >= 0.3 is 0 Å². The van der Waals surface area contributed by atoms with E-state index in [1.165, 1.54) is 6.07 Å². The van der Waals surface area contributed by atoms with E-state index in [0.717, 1.165) is 12.1 Å². The van der Waals surface area contributed by atoms with Gasteiger partial charge in [0.2, 0.25) is 0 Å². The molecule has 4 nitrogen and oxygen atoms in total. The zero-order valence-corrected chi connectivity index (χ0v) is 9.74. The molecule has 1 heterocycles. The average molecular weight is 250 g/mol. The molecule has 0 aliphatic rings. The lowest BCUT2D eigenvalue weighted by Gasteiger charge is -2.07. The van der Waals surface area contributed by atoms with Crippen molar-refractivity contribution in [3.63, 3.8) is 0 Å². The number of nitrogens with zero attached hydrogens (tertiary/aromatic N) is 2. The molecule has 1 aromatic carbocycles. The molecule has 0 aliphatic carbocycles. The van der Waals surface area contributed by atoms with E-state index in [0.29, 0.717) is 29.6 Å². The van der Waals surface area contributed by atoms with Crippen molar-refractivity contribution in [2.24, 2.45) is 0 Å². The number of hydrogen-bond acceptors (Lipinski definition) is 4. The molecule has 0 aliphatic heterocycles. The van der Waals surface area contributed by atoms with E-state index < -0.39 is 11.6 Å². The number of aryl methyl sites for hydroxylation is 1. The van der Waals surface area contributed by atoms with Crippen molar-refractivity contribution in [2.45, 2.75) is 13.5 Å². The van der Waals surface area contributed by atoms with Crippen LogP contribution >= 0.6 is 0 Å². The minimum absolute atomic E-state index is 0.326. The highest BCUT2D eigenvalue weighted by molar-refractivity contribution is 5.44. The van der Waals surface area contributed by atoms with Gasteiger partial charge in [0.25, 0.3) is 0 Å². The summed E-state index contributed by atoms with van der Waals surface area (Å²) in [4.78, 5) is 8.05. The van der Waals surface area contributed by atoms with Crippen molar-refractivity contribution in [3.8, 4) is 0 Å². The highest BCUT2D eigenvalue weighted by Crippen LogP contribution is 2.12. The lowest BCUT2D eigenvalue weighted by molar-refractivity contribution is 0.507. The molecule has 0 fully saturated rings. The SMILES string of the molecule is Cc1nc(N)cc(NCc2ccc(F)c(F)c2)n1. The molecule has 0 amide bonds. The molecule has 6 heteroatoms. The minimum Gasteiger partial charge on any atom is -0.384 e. The molecule has 0 atom stereocenters. The number of hydrogen-bond donors (Lipinski definition) is 2. The van der Waals surface area contributed by atoms with E-state index in [2.05, 4.69) is 15.3 Å². The van der Waals surface area contributed by atoms with Gasteiger partial charge in [0.05, 0.1) is 0 Å². The van der Waals surface area contributed by atoms with Crippen molar-refractivity contribution in [1.29, 1.82) is 0 Å². The van der Waals surface area contributed by atoms with Crippen molar-refractivity contribution in [3.05, 3.63) is 47.3 Å². The van der Waals surface area contributed by atoms with Crippen molar-refractivity contribution < 1.29 is 8.78 Å². The summed E-state index contributed by atoms with van der Waals surface area (Å²) in [6.45, 7) is 2.05. The Hall–Kier alpha value is -2.24. The van der Waals surface area contributed by atoms with Gasteiger partial charge in [0.15, 0.2) is 11.6 Å². The average Bonchev–Trinajstić information content (AvgIpc) is 2.29. The Morgan fingerprint density at radius 3 is 2.61 bits per heavy atom. The minimum atomic E-state index is -0.868. The van der Waals surface area contributed by atoms with Crippen LogP contribution in [0.5, 0.6) is 0 Å². The van der Waals surface area contributed by atoms with Gasteiger partial charge in [-0.3, -0.25) is 0 Å². The fraction of sp³-hybridized carbons (Fsp3) is 0.167. The first-order chi connectivity index (χ1) is 8.54. The first kappa shape index (κ1) is 12.2. The fourth-order valence-electron chi connectivity index (χ4n) is 1.52. The largest absolute Gasteiger partial charge is 0.384 e. The van der Waals surface area contributed by atoms with Crippen LogP contribution in [0.3, 0.4) is 0 Å². The number of aromatic nitrogens is 2. The number of nitrogen functional groups attached to an aromatic ring is 1. The van der Waals surface area contributed by atoms with Crippen LogP contribution in [0.4, 0.5) is 20.4 Å². The summed E-state index contributed by atoms with van der Waals surface area (Å²) in [5.41, 5.74) is 6.19. The van der Waals surface area contributed by atoms with E-state index in [1.54, 1.807) is 13.0 Å². The highest BCUT2D eigenvalue weighted by Gasteiger charge is 2.03. The van der Waals surface area contributed by atoms with Crippen molar-refractivity contribution in [2.75, 3.05) is 11.1 Å². The smallest absolute Gasteiger partial charge is 0.159 e. The van der Waals surface area contributed by atoms with Crippen LogP contribution in [0.1, 0.15) is 11.4 Å². The Balaban J connectivity index is 2.08. The number of nitrogens with one attached hydrogen (secondary N) is 1. The standard InChI is InChI=1S/C12H12F2N4/c1-7-17-11(15)5-12(18-7)16-6-8-2-3-9(13)10(14)4-8/h2-5H,6H2,1H3,(H3,15,16,17,18). The van der Waals surface area contributed by atoms with Gasteiger partial charge < -0.3 is 11.1 Å². The van der Waals surface area contributed by atoms with Crippen molar-refractivity contribution >= 4 is 11.6 Å². The van der Waals surface area contributed by atoms with Crippen LogP contribution < -0.4 is 11.1 Å². The van der Waals surface area contributed by atoms with Gasteiger partial charge in [-0.25, -0.2) is 18.7 Å². The Bertz CT molecular complexity index is 552. The third kappa shape index (κ3) is 2.91. The van der Waals surface area contributed by atoms with E-state index in [4.69, 9.17) is 5.73 Å². The summed E-state index contributed by atoms with van der Waals surface area (Å²) in [6.07, 6.45) is 0. The van der Waals surface area contributed by atoms with E-state index >= 15 is 0 Å². The zero-order chi connectivity index (χ0) is 13.1. The normalized spacial score (nSPS) is 10.4. The Morgan fingerprint density at radius 1 is 1.17 bits per heavy atom. The zero-order valence-electron chi connectivity index (χ0n) is 9.74. The van der Waals surface area contributed by atoms with Gasteiger partial charge in [-0.1, -0.05) is 6.07 Å². The third-order valence-corrected chi connectivity index (χ3v) is 2.32. The molecular weight excluding hydrogens is 238 g/mol. The second-order valence-corrected chi connectivity index (χ2v) is 3.83. The molecule has 18 heavy (non-hydrogen) atoms. The molecule has 0 saturated heterocycles. The Morgan fingerprint density at radius 2 is 1.94 bits per heavy atom. The molecule has 3 N–H and O–H groups in total. The Kier molecular flexibility index (Phi) is 3.36. The quantitative estimate of drug-likeness (QED) is 0.877. The predicted molar refractivity (Wildman–Crippen MR) is 64.9 cm³/mol. The topological polar surface area (TPSA) is 63.8 Å². The summed E-state index contributed by atoms with van der Waals surface area (Å²) in [5.74, 6) is -0.281. The Labute approximate surface area is 103 Å². The molecule has 0 spiro atoms. The molecular formula is C12H12F2N4. The number of benzene rings is 1. The van der Waals surface area contributed by atoms with Crippen LogP contribution in [0, 0.1) is 18.6 Å². The molecule has 2 rings (SSSR count). The van der Waals surface area contributed by atoms with Crippen LogP contribution in [0.2, 0.25) is 0 Å². The second kappa shape index (κ2) is 4.95. The van der Waals surface area contributed by atoms with Crippen LogP contribution in [-0.4, -0.2) is 9.97 Å². The summed E-state index contributed by atoms with van der Waals surface area (Å²) in [6, 6.07) is 5.31. The molecule has 1 aromatic heterocycles. The van der Waals surface area contributed by atoms with Gasteiger partial charge in [-0.15, -0.1) is 0 Å². The second-order valence-electron chi connectivity index (χ2n) is 3.83. The molecule has 2 aromatic rings. The lowest BCUT2D eigenvalue weighted by Crippen LogP contribution is -2.05. The highest BCUT2D eigenvalue weighted by atomic mass is 19.2. The van der Waals surface area contributed by atoms with Crippen LogP contribution in [-0.2, 0) is 6.54 Å². The van der Waals surface area contributed by atoms with Crippen molar-refractivity contribution in [1.82, 2.24) is 9.97 Å². The molecule has 0 saturated carbocycles. The van der Waals surface area contributed by atoms with Gasteiger partial charge in [-0.05, 0) is 24.6 Å². The van der Waals surface area contributed by atoms with E-state index in [9.17, 15) is 8.78 Å². The summed E-state index contributed by atoms with van der Waals surface area (Å²) in [5, 5.41) is 2.97. The number of anilines is 2. The van der Waals surface area contributed by atoms with Gasteiger partial charge in [0, 0.05) is 12.6 Å². The van der Waals surface area contributed by atoms with Gasteiger partial charge in [-0.2, -0.15) is 0 Å². The maximum absolute atomic E-state index is 13.0. The third-order valence-electron chi connectivity index (χ3n) is 2.32.